The topological polar surface area (TPSA) is 46.2 Å². The third kappa shape index (κ3) is 8.18. The Bertz CT molecular complexity index is 204. The van der Waals surface area contributed by atoms with E-state index >= 15 is 0 Å². The van der Waals surface area contributed by atoms with Crippen LogP contribution in [0.2, 0.25) is 0 Å². The van der Waals surface area contributed by atoms with Gasteiger partial charge >= 0.3 is 0 Å². The van der Waals surface area contributed by atoms with Crippen molar-refractivity contribution in [2.45, 2.75) is 45.4 Å². The van der Waals surface area contributed by atoms with E-state index < -0.39 is 10.0 Å². The molecule has 0 bridgehead atoms. The van der Waals surface area contributed by atoms with Crippen LogP contribution in [0.15, 0.2) is 0 Å². The molecule has 0 amide bonds. The number of nitrogens with one attached hydrogen (secondary N) is 1. The maximum Gasteiger partial charge on any atom is 0.237 e. The summed E-state index contributed by atoms with van der Waals surface area (Å²) in [7, 11) is -3.63. The van der Waals surface area contributed by atoms with Crippen molar-refractivity contribution in [1.29, 1.82) is 0 Å². The first-order valence-electron chi connectivity index (χ1n) is 4.72. The molecular formula is C8H18FNO2S. The lowest BCUT2D eigenvalue weighted by Gasteiger charge is -2.00. The molecule has 1 N–H and O–H groups in total. The zero-order chi connectivity index (χ0) is 10.2. The van der Waals surface area contributed by atoms with Gasteiger partial charge in [0.2, 0.25) is 10.0 Å². The number of halogens is 1. The van der Waals surface area contributed by atoms with Crippen LogP contribution in [0.1, 0.15) is 45.4 Å². The Morgan fingerprint density at radius 2 is 1.62 bits per heavy atom. The Labute approximate surface area is 79.7 Å². The second-order valence-corrected chi connectivity index (χ2v) is 4.96. The van der Waals surface area contributed by atoms with E-state index in [0.717, 1.165) is 24.2 Å². The van der Waals surface area contributed by atoms with E-state index in [1.165, 1.54) is 12.8 Å². The largest absolute Gasteiger partial charge is 0.237 e. The molecule has 0 fully saturated rings. The minimum absolute atomic E-state index is 0.102. The maximum atomic E-state index is 11.6. The second-order valence-electron chi connectivity index (χ2n) is 3.16. The summed E-state index contributed by atoms with van der Waals surface area (Å²) in [5, 5.41) is 0. The van der Waals surface area contributed by atoms with Gasteiger partial charge in [-0.05, 0) is 6.42 Å². The molecule has 0 aliphatic heterocycles. The van der Waals surface area contributed by atoms with E-state index in [0.29, 0.717) is 6.42 Å². The van der Waals surface area contributed by atoms with Gasteiger partial charge in [-0.1, -0.05) is 44.0 Å². The van der Waals surface area contributed by atoms with E-state index in [2.05, 4.69) is 6.92 Å². The number of unbranched alkanes of at least 4 members (excludes halogenated alkanes) is 5. The number of rotatable bonds is 8. The summed E-state index contributed by atoms with van der Waals surface area (Å²) < 4.78 is 32.8. The van der Waals surface area contributed by atoms with Gasteiger partial charge < -0.3 is 0 Å². The van der Waals surface area contributed by atoms with Gasteiger partial charge in [-0.3, -0.25) is 0 Å². The van der Waals surface area contributed by atoms with Gasteiger partial charge in [0.15, 0.2) is 0 Å². The molecule has 5 heteroatoms. The zero-order valence-corrected chi connectivity index (χ0v) is 8.87. The zero-order valence-electron chi connectivity index (χ0n) is 8.05. The molecule has 0 saturated carbocycles. The lowest BCUT2D eigenvalue weighted by molar-refractivity contribution is 0.424. The summed E-state index contributed by atoms with van der Waals surface area (Å²) in [6, 6.07) is 0. The Hall–Kier alpha value is -0.160. The van der Waals surface area contributed by atoms with E-state index in [4.69, 9.17) is 0 Å². The molecule has 0 radical (unpaired) electrons. The fourth-order valence-electron chi connectivity index (χ4n) is 1.11. The van der Waals surface area contributed by atoms with Gasteiger partial charge in [-0.2, -0.15) is 0 Å². The van der Waals surface area contributed by atoms with Crippen molar-refractivity contribution >= 4 is 10.0 Å². The maximum absolute atomic E-state index is 11.6. The van der Waals surface area contributed by atoms with Crippen molar-refractivity contribution in [3.8, 4) is 0 Å². The molecule has 0 saturated heterocycles. The number of hydrogen-bond acceptors (Lipinski definition) is 2. The Morgan fingerprint density at radius 1 is 1.08 bits per heavy atom. The Kier molecular flexibility index (Phi) is 7.17. The molecule has 80 valence electrons. The monoisotopic (exact) mass is 211 g/mol. The van der Waals surface area contributed by atoms with Crippen molar-refractivity contribution < 1.29 is 12.9 Å². The van der Waals surface area contributed by atoms with Crippen molar-refractivity contribution in [3.63, 3.8) is 0 Å². The lowest BCUT2D eigenvalue weighted by Crippen LogP contribution is -2.18. The third-order valence-corrected chi connectivity index (χ3v) is 2.95. The summed E-state index contributed by atoms with van der Waals surface area (Å²) in [6.07, 6.45) is 5.94. The predicted molar refractivity (Wildman–Crippen MR) is 51.4 cm³/mol. The van der Waals surface area contributed by atoms with E-state index in [-0.39, 0.29) is 5.75 Å². The van der Waals surface area contributed by atoms with Crippen LogP contribution in [0.25, 0.3) is 0 Å². The Morgan fingerprint density at radius 3 is 2.15 bits per heavy atom. The minimum atomic E-state index is -3.63. The molecule has 0 heterocycles. The molecule has 0 rings (SSSR count). The molecule has 0 aliphatic carbocycles. The molecule has 0 aromatic rings. The molecule has 3 nitrogen and oxygen atoms in total. The van der Waals surface area contributed by atoms with Crippen LogP contribution in [0.3, 0.4) is 0 Å². The van der Waals surface area contributed by atoms with Crippen LogP contribution in [0, 0.1) is 0 Å². The van der Waals surface area contributed by atoms with Crippen LogP contribution in [-0.4, -0.2) is 14.2 Å². The predicted octanol–water partition coefficient (Wildman–Crippen LogP) is 2.15. The molecule has 0 spiro atoms. The van der Waals surface area contributed by atoms with Gasteiger partial charge in [0.05, 0.1) is 5.75 Å². The SMILES string of the molecule is CCCCCCCCS(=O)(=O)NF. The third-order valence-electron chi connectivity index (χ3n) is 1.88. The molecule has 13 heavy (non-hydrogen) atoms. The summed E-state index contributed by atoms with van der Waals surface area (Å²) in [4.78, 5) is 0.816. The van der Waals surface area contributed by atoms with E-state index in [1.807, 2.05) is 0 Å². The molecule has 0 aromatic heterocycles. The average Bonchev–Trinajstić information content (AvgIpc) is 2.11. The van der Waals surface area contributed by atoms with Gasteiger partial charge in [0.25, 0.3) is 0 Å². The van der Waals surface area contributed by atoms with Crippen molar-refractivity contribution in [1.82, 2.24) is 4.94 Å². The molecule has 0 aliphatic rings. The highest BCUT2D eigenvalue weighted by atomic mass is 32.2. The highest BCUT2D eigenvalue weighted by molar-refractivity contribution is 7.89. The van der Waals surface area contributed by atoms with E-state index in [1.54, 1.807) is 0 Å². The minimum Gasteiger partial charge on any atom is -0.210 e. The lowest BCUT2D eigenvalue weighted by atomic mass is 10.1. The molecule has 0 atom stereocenters. The highest BCUT2D eigenvalue weighted by Crippen LogP contribution is 2.05. The normalized spacial score (nSPS) is 11.8. The first-order chi connectivity index (χ1) is 6.12. The second kappa shape index (κ2) is 7.26. The smallest absolute Gasteiger partial charge is 0.210 e. The van der Waals surface area contributed by atoms with Crippen molar-refractivity contribution in [2.75, 3.05) is 5.75 Å². The first kappa shape index (κ1) is 12.8. The highest BCUT2D eigenvalue weighted by Gasteiger charge is 2.07. The molecule has 0 aromatic carbocycles. The summed E-state index contributed by atoms with van der Waals surface area (Å²) in [5.74, 6) is -0.102. The average molecular weight is 211 g/mol. The quantitative estimate of drug-likeness (QED) is 0.494. The van der Waals surface area contributed by atoms with Crippen LogP contribution < -0.4 is 4.94 Å². The van der Waals surface area contributed by atoms with Gasteiger partial charge in [0.1, 0.15) is 0 Å². The molecule has 0 unspecified atom stereocenters. The Balaban J connectivity index is 3.26. The fraction of sp³-hybridized carbons (Fsp3) is 1.00. The number of sulfonamides is 1. The van der Waals surface area contributed by atoms with Gasteiger partial charge in [0, 0.05) is 0 Å². The van der Waals surface area contributed by atoms with Gasteiger partial charge in [-0.25, -0.2) is 8.42 Å². The fourth-order valence-corrected chi connectivity index (χ4v) is 1.77. The van der Waals surface area contributed by atoms with Crippen molar-refractivity contribution in [3.05, 3.63) is 0 Å². The molecular weight excluding hydrogens is 193 g/mol. The number of hydrogen-bond donors (Lipinski definition) is 1. The first-order valence-corrected chi connectivity index (χ1v) is 6.37. The summed E-state index contributed by atoms with van der Waals surface area (Å²) in [6.45, 7) is 2.12. The summed E-state index contributed by atoms with van der Waals surface area (Å²) in [5.41, 5.74) is 0. The van der Waals surface area contributed by atoms with Crippen molar-refractivity contribution in [2.24, 2.45) is 0 Å². The van der Waals surface area contributed by atoms with Crippen LogP contribution in [0.5, 0.6) is 0 Å². The van der Waals surface area contributed by atoms with Crippen LogP contribution >= 0.6 is 0 Å². The standard InChI is InChI=1S/C8H18FNO2S/c1-2-3-4-5-6-7-8-13(11,12)10-9/h10H,2-8H2,1H3. The van der Waals surface area contributed by atoms with Crippen LogP contribution in [-0.2, 0) is 10.0 Å². The van der Waals surface area contributed by atoms with E-state index in [9.17, 15) is 12.9 Å². The van der Waals surface area contributed by atoms with Crippen LogP contribution in [0.4, 0.5) is 4.48 Å². The summed E-state index contributed by atoms with van der Waals surface area (Å²) >= 11 is 0. The van der Waals surface area contributed by atoms with Gasteiger partial charge in [-0.15, -0.1) is 4.48 Å².